The van der Waals surface area contributed by atoms with Crippen molar-refractivity contribution in [3.63, 3.8) is 0 Å². The van der Waals surface area contributed by atoms with Crippen molar-refractivity contribution in [3.05, 3.63) is 77.7 Å². The van der Waals surface area contributed by atoms with Gasteiger partial charge in [-0.15, -0.1) is 0 Å². The van der Waals surface area contributed by atoms with Gasteiger partial charge in [-0.2, -0.15) is 10.9 Å². The van der Waals surface area contributed by atoms with Crippen LogP contribution in [-0.2, 0) is 0 Å². The Morgan fingerprint density at radius 2 is 1.45 bits per heavy atom. The molecule has 0 amide bonds. The standard InChI is InChI=1S/C20H14NS/c1-4-10-18-14(6-1)12-13-22(18)19-11-5-9-17-20(19)15-7-2-3-8-16(15)21-17/h1-13,22H. The molecule has 0 saturated carbocycles. The molecule has 2 heterocycles. The van der Waals surface area contributed by atoms with E-state index in [-0.39, 0.29) is 0 Å². The third-order valence-corrected chi connectivity index (χ3v) is 6.56. The monoisotopic (exact) mass is 300 g/mol. The highest BCUT2D eigenvalue weighted by atomic mass is 32.2. The van der Waals surface area contributed by atoms with E-state index in [9.17, 15) is 0 Å². The highest BCUT2D eigenvalue weighted by molar-refractivity contribution is 8.20. The molecule has 0 saturated heterocycles. The van der Waals surface area contributed by atoms with E-state index in [0.717, 1.165) is 11.4 Å². The molecule has 2 heteroatoms. The third kappa shape index (κ3) is 1.62. The number of nitrogens with zero attached hydrogens (tertiary/aromatic N) is 1. The van der Waals surface area contributed by atoms with Gasteiger partial charge in [0.25, 0.3) is 0 Å². The van der Waals surface area contributed by atoms with E-state index >= 15 is 0 Å². The Morgan fingerprint density at radius 1 is 0.682 bits per heavy atom. The molecule has 5 rings (SSSR count). The van der Waals surface area contributed by atoms with Gasteiger partial charge in [-0.25, -0.2) is 5.32 Å². The van der Waals surface area contributed by atoms with Crippen LogP contribution in [0.15, 0.2) is 81.9 Å². The molecule has 105 valence electrons. The SMILES string of the molecule is C1=C[SH](c2cccc3c2-c2ccccc2[N]3)c2ccccc21. The summed E-state index contributed by atoms with van der Waals surface area (Å²) in [6.07, 6.45) is 2.26. The number of benzene rings is 3. The molecular weight excluding hydrogens is 286 g/mol. The summed E-state index contributed by atoms with van der Waals surface area (Å²) >= 11 is 0. The lowest BCUT2D eigenvalue weighted by Gasteiger charge is -2.19. The summed E-state index contributed by atoms with van der Waals surface area (Å²) in [6, 6.07) is 23.7. The number of rotatable bonds is 1. The molecule has 1 nitrogen and oxygen atoms in total. The molecule has 0 spiro atoms. The molecular formula is C20H14NS. The Kier molecular flexibility index (Phi) is 2.49. The van der Waals surface area contributed by atoms with E-state index in [0.29, 0.717) is 0 Å². The zero-order chi connectivity index (χ0) is 14.5. The molecule has 0 bridgehead atoms. The van der Waals surface area contributed by atoms with E-state index in [1.165, 1.54) is 26.5 Å². The minimum atomic E-state index is -0.424. The van der Waals surface area contributed by atoms with Crippen LogP contribution in [0.4, 0.5) is 11.4 Å². The van der Waals surface area contributed by atoms with Crippen molar-refractivity contribution in [2.45, 2.75) is 9.79 Å². The number of thiol groups is 1. The van der Waals surface area contributed by atoms with Crippen LogP contribution in [0.25, 0.3) is 17.2 Å². The number of fused-ring (bicyclic) bond motifs is 4. The van der Waals surface area contributed by atoms with Crippen LogP contribution in [0.1, 0.15) is 5.56 Å². The van der Waals surface area contributed by atoms with Crippen LogP contribution < -0.4 is 5.32 Å². The van der Waals surface area contributed by atoms with E-state index in [1.54, 1.807) is 0 Å². The summed E-state index contributed by atoms with van der Waals surface area (Å²) in [6.45, 7) is 0. The molecule has 22 heavy (non-hydrogen) atoms. The predicted molar refractivity (Wildman–Crippen MR) is 94.3 cm³/mol. The molecule has 0 fully saturated rings. The Labute approximate surface area is 132 Å². The fourth-order valence-corrected chi connectivity index (χ4v) is 5.59. The molecule has 2 aliphatic rings. The van der Waals surface area contributed by atoms with Gasteiger partial charge in [0.1, 0.15) is 0 Å². The first kappa shape index (κ1) is 12.1. The van der Waals surface area contributed by atoms with E-state index < -0.39 is 10.9 Å². The molecule has 3 aromatic carbocycles. The van der Waals surface area contributed by atoms with Crippen molar-refractivity contribution in [2.75, 3.05) is 0 Å². The maximum atomic E-state index is 4.79. The Morgan fingerprint density at radius 3 is 2.45 bits per heavy atom. The fraction of sp³-hybridized carbons (Fsp3) is 0. The molecule has 2 aliphatic heterocycles. The average Bonchev–Trinajstić information content (AvgIpc) is 3.16. The second-order valence-corrected chi connectivity index (χ2v) is 7.55. The van der Waals surface area contributed by atoms with Crippen LogP contribution in [0.2, 0.25) is 0 Å². The highest BCUT2D eigenvalue weighted by Crippen LogP contribution is 2.58. The van der Waals surface area contributed by atoms with Crippen LogP contribution in [-0.4, -0.2) is 0 Å². The first-order valence-electron chi connectivity index (χ1n) is 7.42. The first-order chi connectivity index (χ1) is 10.9. The van der Waals surface area contributed by atoms with Crippen molar-refractivity contribution in [2.24, 2.45) is 0 Å². The van der Waals surface area contributed by atoms with Gasteiger partial charge in [0.15, 0.2) is 0 Å². The van der Waals surface area contributed by atoms with Crippen molar-refractivity contribution in [1.29, 1.82) is 0 Å². The largest absolute Gasteiger partial charge is 0.248 e. The minimum Gasteiger partial charge on any atom is -0.248 e. The number of para-hydroxylation sites is 1. The summed E-state index contributed by atoms with van der Waals surface area (Å²) < 4.78 is 0. The maximum Gasteiger partial charge on any atom is 0.0727 e. The number of hydrogen-bond donors (Lipinski definition) is 1. The van der Waals surface area contributed by atoms with Gasteiger partial charge in [-0.3, -0.25) is 0 Å². The Hall–Kier alpha value is -2.45. The highest BCUT2D eigenvalue weighted by Gasteiger charge is 2.26. The lowest BCUT2D eigenvalue weighted by atomic mass is 10.1. The average molecular weight is 300 g/mol. The molecule has 1 unspecified atom stereocenters. The lowest BCUT2D eigenvalue weighted by Crippen LogP contribution is -1.86. The van der Waals surface area contributed by atoms with Gasteiger partial charge in [0, 0.05) is 20.9 Å². The number of hydrogen-bond acceptors (Lipinski definition) is 0. The summed E-state index contributed by atoms with van der Waals surface area (Å²) in [5, 5.41) is 7.16. The molecule has 0 N–H and O–H groups in total. The quantitative estimate of drug-likeness (QED) is 0.437. The fourth-order valence-electron chi connectivity index (χ4n) is 3.30. The van der Waals surface area contributed by atoms with Gasteiger partial charge in [-0.05, 0) is 41.3 Å². The van der Waals surface area contributed by atoms with Crippen molar-refractivity contribution < 1.29 is 0 Å². The van der Waals surface area contributed by atoms with Crippen LogP contribution in [0, 0.1) is 0 Å². The normalized spacial score (nSPS) is 18.5. The molecule has 0 aromatic heterocycles. The van der Waals surface area contributed by atoms with Gasteiger partial charge in [-0.1, -0.05) is 42.5 Å². The van der Waals surface area contributed by atoms with Gasteiger partial charge in [0.05, 0.1) is 11.4 Å². The summed E-state index contributed by atoms with van der Waals surface area (Å²) in [5.41, 5.74) is 6.16. The Bertz CT molecular complexity index is 926. The van der Waals surface area contributed by atoms with Gasteiger partial charge in [0.2, 0.25) is 0 Å². The molecule has 3 aromatic rings. The second-order valence-electron chi connectivity index (χ2n) is 5.54. The topological polar surface area (TPSA) is 14.1 Å². The van der Waals surface area contributed by atoms with Crippen molar-refractivity contribution in [3.8, 4) is 11.1 Å². The van der Waals surface area contributed by atoms with E-state index in [2.05, 4.69) is 78.2 Å². The molecule has 0 aliphatic carbocycles. The summed E-state index contributed by atoms with van der Waals surface area (Å²) in [5.74, 6) is 0. The van der Waals surface area contributed by atoms with Gasteiger partial charge >= 0.3 is 0 Å². The Balaban J connectivity index is 1.74. The van der Waals surface area contributed by atoms with Gasteiger partial charge < -0.3 is 0 Å². The van der Waals surface area contributed by atoms with Crippen LogP contribution >= 0.6 is 10.9 Å². The smallest absolute Gasteiger partial charge is 0.0727 e. The lowest BCUT2D eigenvalue weighted by molar-refractivity contribution is 1.23. The van der Waals surface area contributed by atoms with E-state index in [4.69, 9.17) is 5.32 Å². The minimum absolute atomic E-state index is 0.424. The molecule has 1 radical (unpaired) electrons. The third-order valence-electron chi connectivity index (χ3n) is 4.29. The summed E-state index contributed by atoms with van der Waals surface area (Å²) in [7, 11) is -0.424. The van der Waals surface area contributed by atoms with Crippen LogP contribution in [0.5, 0.6) is 0 Å². The zero-order valence-electron chi connectivity index (χ0n) is 11.9. The van der Waals surface area contributed by atoms with Crippen molar-refractivity contribution in [1.82, 2.24) is 5.32 Å². The predicted octanol–water partition coefficient (Wildman–Crippen LogP) is 5.64. The van der Waals surface area contributed by atoms with E-state index in [1.807, 2.05) is 0 Å². The maximum absolute atomic E-state index is 4.79. The first-order valence-corrected chi connectivity index (χ1v) is 8.83. The summed E-state index contributed by atoms with van der Waals surface area (Å²) in [4.78, 5) is 2.87. The van der Waals surface area contributed by atoms with Crippen molar-refractivity contribution >= 4 is 28.3 Å². The zero-order valence-corrected chi connectivity index (χ0v) is 12.8. The molecule has 1 atom stereocenters. The second kappa shape index (κ2) is 4.52. The van der Waals surface area contributed by atoms with Crippen LogP contribution in [0.3, 0.4) is 0 Å².